The van der Waals surface area contributed by atoms with Gasteiger partial charge in [0.1, 0.15) is 12.3 Å². The lowest BCUT2D eigenvalue weighted by Crippen LogP contribution is -2.21. The molecule has 2 aromatic rings. The number of benzene rings is 1. The lowest BCUT2D eigenvalue weighted by atomic mass is 10.2. The number of aromatic amines is 1. The van der Waals surface area contributed by atoms with E-state index in [1.165, 1.54) is 7.11 Å². The number of anilines is 1. The summed E-state index contributed by atoms with van der Waals surface area (Å²) in [6.45, 7) is -1.18. The first-order chi connectivity index (χ1) is 8.98. The van der Waals surface area contributed by atoms with Crippen molar-refractivity contribution in [2.24, 2.45) is 0 Å². The Bertz CT molecular complexity index is 553. The molecular formula is C11H11F3N4O. The molecule has 0 atom stereocenters. The molecular weight excluding hydrogens is 261 g/mol. The maximum atomic E-state index is 12.0. The summed E-state index contributed by atoms with van der Waals surface area (Å²) in [5.74, 6) is 0.887. The summed E-state index contributed by atoms with van der Waals surface area (Å²) in [4.78, 5) is 3.93. The van der Waals surface area contributed by atoms with Crippen molar-refractivity contribution in [3.8, 4) is 17.1 Å². The van der Waals surface area contributed by atoms with Crippen molar-refractivity contribution in [2.45, 2.75) is 6.18 Å². The van der Waals surface area contributed by atoms with Crippen molar-refractivity contribution >= 4 is 5.95 Å². The number of methoxy groups -OCH3 is 1. The zero-order valence-corrected chi connectivity index (χ0v) is 9.95. The number of H-pyrrole nitrogens is 1. The lowest BCUT2D eigenvalue weighted by molar-refractivity contribution is -0.115. The molecule has 0 aliphatic heterocycles. The first kappa shape index (κ1) is 13.2. The average Bonchev–Trinajstić information content (AvgIpc) is 2.84. The van der Waals surface area contributed by atoms with Crippen LogP contribution in [0.2, 0.25) is 0 Å². The van der Waals surface area contributed by atoms with Crippen LogP contribution >= 0.6 is 0 Å². The van der Waals surface area contributed by atoms with Gasteiger partial charge in [-0.3, -0.25) is 5.10 Å². The van der Waals surface area contributed by atoms with Crippen LogP contribution in [0.1, 0.15) is 0 Å². The van der Waals surface area contributed by atoms with Gasteiger partial charge in [-0.1, -0.05) is 12.1 Å². The number of halogens is 3. The standard InChI is InChI=1S/C11H11F3N4O/c1-19-8-4-2-3-7(5-8)9-16-10(18-17-9)15-6-11(12,13)14/h2-5H,6H2,1H3,(H2,15,16,17,18). The number of hydrogen-bond acceptors (Lipinski definition) is 4. The minimum atomic E-state index is -4.31. The number of rotatable bonds is 4. The Kier molecular flexibility index (Phi) is 3.59. The molecule has 8 heteroatoms. The molecule has 5 nitrogen and oxygen atoms in total. The highest BCUT2D eigenvalue weighted by Crippen LogP contribution is 2.21. The van der Waals surface area contributed by atoms with Crippen molar-refractivity contribution in [1.82, 2.24) is 15.2 Å². The van der Waals surface area contributed by atoms with Crippen LogP contribution in [-0.2, 0) is 0 Å². The fourth-order valence-electron chi connectivity index (χ4n) is 1.42. The van der Waals surface area contributed by atoms with Crippen molar-refractivity contribution in [3.05, 3.63) is 24.3 Å². The van der Waals surface area contributed by atoms with Gasteiger partial charge in [0, 0.05) is 5.56 Å². The van der Waals surface area contributed by atoms with Crippen molar-refractivity contribution in [1.29, 1.82) is 0 Å². The van der Waals surface area contributed by atoms with Crippen molar-refractivity contribution in [2.75, 3.05) is 19.0 Å². The van der Waals surface area contributed by atoms with Crippen LogP contribution < -0.4 is 10.1 Å². The normalized spacial score (nSPS) is 11.4. The highest BCUT2D eigenvalue weighted by Gasteiger charge is 2.27. The van der Waals surface area contributed by atoms with Crippen LogP contribution in [0.4, 0.5) is 19.1 Å². The van der Waals surface area contributed by atoms with Crippen LogP contribution in [0.3, 0.4) is 0 Å². The summed E-state index contributed by atoms with van der Waals surface area (Å²) < 4.78 is 41.1. The predicted octanol–water partition coefficient (Wildman–Crippen LogP) is 2.45. The van der Waals surface area contributed by atoms with Gasteiger partial charge in [0.25, 0.3) is 0 Å². The molecule has 1 heterocycles. The Morgan fingerprint density at radius 1 is 1.37 bits per heavy atom. The summed E-state index contributed by atoms with van der Waals surface area (Å²) in [5.41, 5.74) is 0.673. The van der Waals surface area contributed by atoms with Gasteiger partial charge in [-0.15, -0.1) is 5.10 Å². The van der Waals surface area contributed by atoms with E-state index in [1.54, 1.807) is 24.3 Å². The summed E-state index contributed by atoms with van der Waals surface area (Å²) in [6.07, 6.45) is -4.31. The SMILES string of the molecule is COc1cccc(-c2nc(NCC(F)(F)F)n[nH]2)c1. The first-order valence-electron chi connectivity index (χ1n) is 5.35. The van der Waals surface area contributed by atoms with E-state index in [1.807, 2.05) is 0 Å². The number of hydrogen-bond donors (Lipinski definition) is 2. The number of nitrogens with zero attached hydrogens (tertiary/aromatic N) is 2. The van der Waals surface area contributed by atoms with Crippen LogP contribution in [0, 0.1) is 0 Å². The molecule has 2 rings (SSSR count). The molecule has 0 radical (unpaired) electrons. The zero-order valence-electron chi connectivity index (χ0n) is 9.95. The fourth-order valence-corrected chi connectivity index (χ4v) is 1.42. The second kappa shape index (κ2) is 5.17. The largest absolute Gasteiger partial charge is 0.497 e. The molecule has 0 amide bonds. The first-order valence-corrected chi connectivity index (χ1v) is 5.35. The molecule has 1 aromatic heterocycles. The van der Waals surface area contributed by atoms with Gasteiger partial charge in [0.2, 0.25) is 5.95 Å². The molecule has 102 valence electrons. The van der Waals surface area contributed by atoms with Gasteiger partial charge < -0.3 is 10.1 Å². The summed E-state index contributed by atoms with van der Waals surface area (Å²) in [5, 5.41) is 8.32. The molecule has 1 aromatic carbocycles. The molecule has 0 spiro atoms. The second-order valence-electron chi connectivity index (χ2n) is 3.71. The number of nitrogens with one attached hydrogen (secondary N) is 2. The van der Waals surface area contributed by atoms with Gasteiger partial charge in [0.15, 0.2) is 5.82 Å². The smallest absolute Gasteiger partial charge is 0.405 e. The monoisotopic (exact) mass is 272 g/mol. The van der Waals surface area contributed by atoms with Gasteiger partial charge in [-0.2, -0.15) is 18.2 Å². The van der Waals surface area contributed by atoms with Gasteiger partial charge in [0.05, 0.1) is 7.11 Å². The molecule has 0 aliphatic rings. The minimum absolute atomic E-state index is 0.102. The molecule has 0 aliphatic carbocycles. The van der Waals surface area contributed by atoms with E-state index in [4.69, 9.17) is 4.74 Å². The molecule has 0 unspecified atom stereocenters. The number of ether oxygens (including phenoxy) is 1. The molecule has 2 N–H and O–H groups in total. The van der Waals surface area contributed by atoms with Gasteiger partial charge >= 0.3 is 6.18 Å². The third kappa shape index (κ3) is 3.60. The van der Waals surface area contributed by atoms with Crippen molar-refractivity contribution in [3.63, 3.8) is 0 Å². The Morgan fingerprint density at radius 2 is 2.16 bits per heavy atom. The van der Waals surface area contributed by atoms with Crippen LogP contribution in [0.15, 0.2) is 24.3 Å². The molecule has 19 heavy (non-hydrogen) atoms. The maximum Gasteiger partial charge on any atom is 0.405 e. The lowest BCUT2D eigenvalue weighted by Gasteiger charge is -2.05. The molecule has 0 saturated carbocycles. The Labute approximate surface area is 106 Å². The van der Waals surface area contributed by atoms with Crippen molar-refractivity contribution < 1.29 is 17.9 Å². The van der Waals surface area contributed by atoms with Crippen LogP contribution in [0.25, 0.3) is 11.4 Å². The van der Waals surface area contributed by atoms with Crippen LogP contribution in [-0.4, -0.2) is 35.0 Å². The van der Waals surface area contributed by atoms with E-state index in [-0.39, 0.29) is 5.95 Å². The van der Waals surface area contributed by atoms with E-state index < -0.39 is 12.7 Å². The van der Waals surface area contributed by atoms with E-state index in [2.05, 4.69) is 20.5 Å². The summed E-state index contributed by atoms with van der Waals surface area (Å²) >= 11 is 0. The quantitative estimate of drug-likeness (QED) is 0.897. The Balaban J connectivity index is 2.12. The highest BCUT2D eigenvalue weighted by molar-refractivity contribution is 5.58. The van der Waals surface area contributed by atoms with E-state index >= 15 is 0 Å². The average molecular weight is 272 g/mol. The third-order valence-corrected chi connectivity index (χ3v) is 2.28. The van der Waals surface area contributed by atoms with Gasteiger partial charge in [-0.25, -0.2) is 0 Å². The zero-order chi connectivity index (χ0) is 13.9. The van der Waals surface area contributed by atoms with E-state index in [0.29, 0.717) is 17.1 Å². The molecule has 0 bridgehead atoms. The Morgan fingerprint density at radius 3 is 2.84 bits per heavy atom. The minimum Gasteiger partial charge on any atom is -0.497 e. The number of aromatic nitrogens is 3. The topological polar surface area (TPSA) is 62.8 Å². The molecule has 0 fully saturated rings. The highest BCUT2D eigenvalue weighted by atomic mass is 19.4. The predicted molar refractivity (Wildman–Crippen MR) is 62.9 cm³/mol. The summed E-state index contributed by atoms with van der Waals surface area (Å²) in [7, 11) is 1.52. The summed E-state index contributed by atoms with van der Waals surface area (Å²) in [6, 6.07) is 6.95. The maximum absolute atomic E-state index is 12.0. The fraction of sp³-hybridized carbons (Fsp3) is 0.273. The van der Waals surface area contributed by atoms with E-state index in [9.17, 15) is 13.2 Å². The van der Waals surface area contributed by atoms with Gasteiger partial charge in [-0.05, 0) is 12.1 Å². The third-order valence-electron chi connectivity index (χ3n) is 2.28. The second-order valence-corrected chi connectivity index (χ2v) is 3.71. The van der Waals surface area contributed by atoms with E-state index in [0.717, 1.165) is 0 Å². The number of alkyl halides is 3. The van der Waals surface area contributed by atoms with Crippen LogP contribution in [0.5, 0.6) is 5.75 Å². The Hall–Kier alpha value is -2.25. The molecule has 0 saturated heterocycles.